The summed E-state index contributed by atoms with van der Waals surface area (Å²) in [5.41, 5.74) is 4.40. The first-order valence-corrected chi connectivity index (χ1v) is 14.8. The second kappa shape index (κ2) is 9.81. The lowest BCUT2D eigenvalue weighted by Gasteiger charge is -2.60. The number of benzene rings is 1. The number of hydrogen-bond acceptors (Lipinski definition) is 4. The fourth-order valence-corrected chi connectivity index (χ4v) is 9.98. The molecule has 4 saturated carbocycles. The zero-order chi connectivity index (χ0) is 28.5. The van der Waals surface area contributed by atoms with Gasteiger partial charge in [0.1, 0.15) is 0 Å². The van der Waals surface area contributed by atoms with Crippen molar-refractivity contribution in [3.8, 4) is 0 Å². The Morgan fingerprint density at radius 1 is 1.10 bits per heavy atom. The highest BCUT2D eigenvalue weighted by molar-refractivity contribution is 7.90. The van der Waals surface area contributed by atoms with Crippen molar-refractivity contribution in [3.05, 3.63) is 39.9 Å². The Morgan fingerprint density at radius 3 is 2.23 bits per heavy atom. The third kappa shape index (κ3) is 5.37. The summed E-state index contributed by atoms with van der Waals surface area (Å²) >= 11 is 12.2. The van der Waals surface area contributed by atoms with E-state index in [1.54, 1.807) is 0 Å². The van der Waals surface area contributed by atoms with E-state index < -0.39 is 44.4 Å². The molecule has 0 radical (unpaired) electrons. The number of primary amides is 1. The number of halogens is 5. The summed E-state index contributed by atoms with van der Waals surface area (Å²) in [6.45, 7) is 2.97. The lowest BCUT2D eigenvalue weighted by molar-refractivity contribution is -0.137. The second-order valence-corrected chi connectivity index (χ2v) is 14.2. The van der Waals surface area contributed by atoms with Gasteiger partial charge in [-0.15, -0.1) is 0 Å². The van der Waals surface area contributed by atoms with Crippen LogP contribution in [0.4, 0.5) is 18.9 Å². The number of anilines is 1. The number of carbonyl (C=O) groups is 2. The molecule has 214 valence electrons. The average molecular weight is 609 g/mol. The Hall–Kier alpha value is -2.02. The van der Waals surface area contributed by atoms with Gasteiger partial charge >= 0.3 is 16.4 Å². The molecule has 1 heterocycles. The summed E-state index contributed by atoms with van der Waals surface area (Å²) in [4.78, 5) is 24.9. The van der Waals surface area contributed by atoms with Crippen LogP contribution in [0.5, 0.6) is 0 Å². The zero-order valence-corrected chi connectivity index (χ0v) is 23.3. The molecular formula is C25H29Cl2F3N4O4S. The van der Waals surface area contributed by atoms with Gasteiger partial charge in [0.2, 0.25) is 11.8 Å². The van der Waals surface area contributed by atoms with E-state index >= 15 is 0 Å². The summed E-state index contributed by atoms with van der Waals surface area (Å²) in [6.07, 6.45) is 0.0757. The molecule has 1 aliphatic heterocycles. The molecule has 1 aromatic rings. The maximum atomic E-state index is 13.5. The normalized spacial score (nSPS) is 31.9. The molecule has 0 aromatic heterocycles. The topological polar surface area (TPSA) is 113 Å². The number of nitrogens with one attached hydrogen (secondary N) is 1. The number of alkyl halides is 3. The minimum Gasteiger partial charge on any atom is -0.370 e. The van der Waals surface area contributed by atoms with Crippen molar-refractivity contribution < 1.29 is 31.2 Å². The third-order valence-corrected chi connectivity index (χ3v) is 10.9. The van der Waals surface area contributed by atoms with E-state index in [2.05, 4.69) is 11.9 Å². The maximum absolute atomic E-state index is 13.5. The highest BCUT2D eigenvalue weighted by Crippen LogP contribution is 2.61. The zero-order valence-electron chi connectivity index (χ0n) is 20.9. The van der Waals surface area contributed by atoms with Crippen molar-refractivity contribution in [3.63, 3.8) is 0 Å². The fraction of sp³-hybridized carbons (Fsp3) is 0.600. The van der Waals surface area contributed by atoms with Crippen molar-refractivity contribution in [1.82, 2.24) is 9.62 Å². The van der Waals surface area contributed by atoms with Crippen LogP contribution in [0.2, 0.25) is 10.0 Å². The van der Waals surface area contributed by atoms with Crippen LogP contribution in [0.25, 0.3) is 0 Å². The van der Waals surface area contributed by atoms with Gasteiger partial charge in [0.25, 0.3) is 0 Å². The monoisotopic (exact) mass is 608 g/mol. The molecule has 14 heteroatoms. The predicted molar refractivity (Wildman–Crippen MR) is 140 cm³/mol. The van der Waals surface area contributed by atoms with Crippen LogP contribution >= 0.6 is 23.2 Å². The lowest BCUT2D eigenvalue weighted by atomic mass is 9.47. The molecule has 3 N–H and O–H groups in total. The Balaban J connectivity index is 1.32. The van der Waals surface area contributed by atoms with E-state index in [9.17, 15) is 31.2 Å². The van der Waals surface area contributed by atoms with Crippen LogP contribution in [0, 0.1) is 23.2 Å². The second-order valence-electron chi connectivity index (χ2n) is 11.5. The Bertz CT molecular complexity index is 1300. The first-order chi connectivity index (χ1) is 18.1. The van der Waals surface area contributed by atoms with Crippen LogP contribution < -0.4 is 15.4 Å². The van der Waals surface area contributed by atoms with Gasteiger partial charge in [-0.05, 0) is 73.0 Å². The minimum absolute atomic E-state index is 0.113. The molecule has 1 aromatic carbocycles. The summed E-state index contributed by atoms with van der Waals surface area (Å²) in [5.74, 6) is 0.0696. The van der Waals surface area contributed by atoms with Crippen LogP contribution in [0.15, 0.2) is 24.3 Å². The summed E-state index contributed by atoms with van der Waals surface area (Å²) in [5, 5.41) is 2.07. The van der Waals surface area contributed by atoms with Crippen molar-refractivity contribution in [2.45, 2.75) is 50.7 Å². The largest absolute Gasteiger partial charge is 0.416 e. The van der Waals surface area contributed by atoms with Gasteiger partial charge in [-0.2, -0.15) is 25.9 Å². The molecule has 2 unspecified atom stereocenters. The van der Waals surface area contributed by atoms with E-state index in [4.69, 9.17) is 28.9 Å². The van der Waals surface area contributed by atoms with E-state index in [0.29, 0.717) is 30.0 Å². The predicted octanol–water partition coefficient (Wildman–Crippen LogP) is 4.12. The van der Waals surface area contributed by atoms with Crippen LogP contribution in [-0.4, -0.2) is 50.2 Å². The average Bonchev–Trinajstić information content (AvgIpc) is 2.77. The quantitative estimate of drug-likeness (QED) is 0.473. The van der Waals surface area contributed by atoms with Gasteiger partial charge in [-0.3, -0.25) is 13.9 Å². The maximum Gasteiger partial charge on any atom is 0.416 e. The Kier molecular flexibility index (Phi) is 7.17. The third-order valence-electron chi connectivity index (χ3n) is 8.56. The summed E-state index contributed by atoms with van der Waals surface area (Å²) in [7, 11) is -4.38. The molecular weight excluding hydrogens is 580 g/mol. The highest BCUT2D eigenvalue weighted by Gasteiger charge is 2.56. The number of hydrogen-bond donors (Lipinski definition) is 2. The minimum atomic E-state index is -4.72. The first-order valence-electron chi connectivity index (χ1n) is 12.7. The summed E-state index contributed by atoms with van der Waals surface area (Å²) in [6, 6.07) is 1.11. The number of carbonyl (C=O) groups excluding carboxylic acids is 2. The molecule has 4 aliphatic carbocycles. The molecule has 39 heavy (non-hydrogen) atoms. The standard InChI is InChI=1S/C25H29Cl2F3N4O4S/c1-13-10-33(39(37,38)34(11-13)23-18(26)4-17(5-19(23)27)25(28,29)30)12-21(36)32-22-15-2-14-3-16(22)8-24(6-14,7-15)9-20(31)35/h4-5,14-16,22H,1-3,6-12H2,(H2,31,35)(H,32,36). The van der Waals surface area contributed by atoms with Crippen molar-refractivity contribution in [2.24, 2.45) is 28.9 Å². The van der Waals surface area contributed by atoms with E-state index in [0.717, 1.165) is 40.7 Å². The highest BCUT2D eigenvalue weighted by atomic mass is 35.5. The number of rotatable bonds is 6. The number of nitrogens with two attached hydrogens (primary N) is 1. The molecule has 6 rings (SSSR count). The Labute approximate surface area is 234 Å². The van der Waals surface area contributed by atoms with Crippen LogP contribution in [0.1, 0.15) is 44.1 Å². The number of amides is 2. The van der Waals surface area contributed by atoms with Gasteiger partial charge in [0.05, 0.1) is 34.4 Å². The molecule has 1 saturated heterocycles. The molecule has 0 spiro atoms. The van der Waals surface area contributed by atoms with Gasteiger partial charge in [0.15, 0.2) is 0 Å². The molecule has 8 nitrogen and oxygen atoms in total. The van der Waals surface area contributed by atoms with E-state index in [-0.39, 0.29) is 48.0 Å². The molecule has 5 fully saturated rings. The van der Waals surface area contributed by atoms with Gasteiger partial charge in [-0.1, -0.05) is 29.8 Å². The molecule has 5 aliphatic rings. The SMILES string of the molecule is C=C1CN(CC(=O)NC2C3CC4CC2CC(CC(N)=O)(C4)C3)S(=O)(=O)N(c2c(Cl)cc(C(F)(F)F)cc2Cl)C1. The summed E-state index contributed by atoms with van der Waals surface area (Å²) < 4.78 is 68.3. The van der Waals surface area contributed by atoms with Gasteiger partial charge < -0.3 is 11.1 Å². The van der Waals surface area contributed by atoms with E-state index in [1.165, 1.54) is 0 Å². The fourth-order valence-electron chi connectivity index (χ4n) is 7.51. The van der Waals surface area contributed by atoms with Gasteiger partial charge in [-0.25, -0.2) is 0 Å². The van der Waals surface area contributed by atoms with Crippen molar-refractivity contribution in [2.75, 3.05) is 23.9 Å². The number of nitrogens with zero attached hydrogens (tertiary/aromatic N) is 2. The van der Waals surface area contributed by atoms with Gasteiger partial charge in [0, 0.05) is 19.0 Å². The smallest absolute Gasteiger partial charge is 0.370 e. The van der Waals surface area contributed by atoms with E-state index in [1.807, 2.05) is 0 Å². The first kappa shape index (κ1) is 28.5. The van der Waals surface area contributed by atoms with Crippen molar-refractivity contribution in [1.29, 1.82) is 0 Å². The molecule has 2 amide bonds. The van der Waals surface area contributed by atoms with Crippen LogP contribution in [0.3, 0.4) is 0 Å². The Morgan fingerprint density at radius 2 is 1.69 bits per heavy atom. The van der Waals surface area contributed by atoms with Crippen molar-refractivity contribution >= 4 is 50.9 Å². The molecule has 2 atom stereocenters. The molecule has 4 bridgehead atoms. The van der Waals surface area contributed by atoms with Crippen LogP contribution in [-0.2, 0) is 26.0 Å². The lowest BCUT2D eigenvalue weighted by Crippen LogP contribution is -2.61.